The van der Waals surface area contributed by atoms with Crippen molar-refractivity contribution in [3.8, 4) is 11.1 Å². The van der Waals surface area contributed by atoms with E-state index in [0.717, 1.165) is 36.3 Å². The van der Waals surface area contributed by atoms with Crippen LogP contribution in [-0.2, 0) is 28.2 Å². The molecule has 0 unspecified atom stereocenters. The van der Waals surface area contributed by atoms with E-state index in [0.29, 0.717) is 24.4 Å². The molecule has 0 saturated carbocycles. The second kappa shape index (κ2) is 10.5. The number of hydrogen-bond donors (Lipinski definition) is 1. The van der Waals surface area contributed by atoms with Crippen molar-refractivity contribution >= 4 is 5.97 Å². The number of methoxy groups -OCH3 is 2. The van der Waals surface area contributed by atoms with Crippen LogP contribution in [0.4, 0.5) is 0 Å². The van der Waals surface area contributed by atoms with Gasteiger partial charge in [0.15, 0.2) is 0 Å². The van der Waals surface area contributed by atoms with E-state index in [1.54, 1.807) is 38.6 Å². The lowest BCUT2D eigenvalue weighted by molar-refractivity contribution is -0.222. The molecule has 0 fully saturated rings. The molecule has 8 heteroatoms. The first kappa shape index (κ1) is 23.6. The van der Waals surface area contributed by atoms with Gasteiger partial charge >= 0.3 is 5.97 Å². The first-order chi connectivity index (χ1) is 15.5. The predicted molar refractivity (Wildman–Crippen MR) is 120 cm³/mol. The molecule has 2 heterocycles. The van der Waals surface area contributed by atoms with Crippen LogP contribution in [0, 0.1) is 0 Å². The molecular formula is C24H30N4O4. The fourth-order valence-corrected chi connectivity index (χ4v) is 3.65. The topological polar surface area (TPSA) is 99.4 Å². The van der Waals surface area contributed by atoms with Gasteiger partial charge in [-0.25, -0.2) is 14.5 Å². The molecule has 0 aliphatic carbocycles. The Morgan fingerprint density at radius 2 is 1.88 bits per heavy atom. The van der Waals surface area contributed by atoms with E-state index in [-0.39, 0.29) is 5.56 Å². The fourth-order valence-electron chi connectivity index (χ4n) is 3.65. The molecule has 0 radical (unpaired) electrons. The minimum absolute atomic E-state index is 0.250. The molecule has 3 rings (SSSR count). The quantitative estimate of drug-likeness (QED) is 0.446. The number of nitrogens with zero attached hydrogens (tertiary/aromatic N) is 4. The smallest absolute Gasteiger partial charge is 0.336 e. The maximum atomic E-state index is 11.5. The molecule has 0 atom stereocenters. The van der Waals surface area contributed by atoms with Gasteiger partial charge in [-0.1, -0.05) is 44.5 Å². The highest BCUT2D eigenvalue weighted by Gasteiger charge is 2.35. The van der Waals surface area contributed by atoms with Crippen molar-refractivity contribution in [2.24, 2.45) is 0 Å². The van der Waals surface area contributed by atoms with Crippen LogP contribution in [0.15, 0.2) is 42.6 Å². The number of rotatable bonds is 11. The summed E-state index contributed by atoms with van der Waals surface area (Å²) >= 11 is 0. The highest BCUT2D eigenvalue weighted by molar-refractivity contribution is 5.95. The zero-order chi connectivity index (χ0) is 23.1. The molecule has 0 saturated heterocycles. The van der Waals surface area contributed by atoms with Gasteiger partial charge in [-0.3, -0.25) is 4.98 Å². The van der Waals surface area contributed by atoms with E-state index in [4.69, 9.17) is 19.6 Å². The summed E-state index contributed by atoms with van der Waals surface area (Å²) in [4.78, 5) is 20.8. The zero-order valence-corrected chi connectivity index (χ0v) is 19.0. The molecule has 1 aromatic carbocycles. The van der Waals surface area contributed by atoms with Gasteiger partial charge in [0.05, 0.1) is 17.8 Å². The Balaban J connectivity index is 1.90. The van der Waals surface area contributed by atoms with E-state index >= 15 is 0 Å². The molecule has 0 bridgehead atoms. The van der Waals surface area contributed by atoms with Crippen LogP contribution in [0.5, 0.6) is 0 Å². The third-order valence-corrected chi connectivity index (χ3v) is 5.57. The Labute approximate surface area is 188 Å². The van der Waals surface area contributed by atoms with Crippen LogP contribution >= 0.6 is 0 Å². The normalized spacial score (nSPS) is 11.6. The average Bonchev–Trinajstić information content (AvgIpc) is 3.22. The number of unbranched alkanes of at least 4 members (excludes halogenated alkanes) is 1. The number of carboxylic acid groups (broad SMARTS) is 1. The summed E-state index contributed by atoms with van der Waals surface area (Å²) in [6, 6.07) is 10.7. The van der Waals surface area contributed by atoms with Crippen molar-refractivity contribution in [2.75, 3.05) is 14.2 Å². The van der Waals surface area contributed by atoms with Crippen LogP contribution in [0.2, 0.25) is 0 Å². The molecule has 1 N–H and O–H groups in total. The maximum absolute atomic E-state index is 11.5. The first-order valence-electron chi connectivity index (χ1n) is 10.8. The van der Waals surface area contributed by atoms with Gasteiger partial charge in [0.25, 0.3) is 0 Å². The molecule has 0 aliphatic rings. The molecule has 2 aromatic heterocycles. The van der Waals surface area contributed by atoms with Gasteiger partial charge in [-0.15, -0.1) is 5.10 Å². The number of benzene rings is 1. The summed E-state index contributed by atoms with van der Waals surface area (Å²) in [7, 11) is 3.18. The van der Waals surface area contributed by atoms with Gasteiger partial charge in [0.2, 0.25) is 11.6 Å². The third kappa shape index (κ3) is 4.87. The number of ether oxygens (including phenoxy) is 2. The minimum atomic E-state index is -0.982. The monoisotopic (exact) mass is 438 g/mol. The summed E-state index contributed by atoms with van der Waals surface area (Å²) in [6.45, 7) is 4.55. The number of aryl methyl sites for hydroxylation is 1. The molecule has 3 aromatic rings. The largest absolute Gasteiger partial charge is 0.478 e. The van der Waals surface area contributed by atoms with Crippen molar-refractivity contribution in [1.82, 2.24) is 19.7 Å². The average molecular weight is 439 g/mol. The Kier molecular flexibility index (Phi) is 7.71. The summed E-state index contributed by atoms with van der Waals surface area (Å²) in [5.41, 5.74) is 2.44. The van der Waals surface area contributed by atoms with Gasteiger partial charge in [0.1, 0.15) is 5.82 Å². The highest BCUT2D eigenvalue weighted by Crippen LogP contribution is 2.28. The Morgan fingerprint density at radius 3 is 2.47 bits per heavy atom. The SMILES string of the molecule is CCCCc1nc(C(CC)(OC)OC)nn1Cc1ccc(-c2ccccc2C(=O)O)cn1. The van der Waals surface area contributed by atoms with E-state index in [2.05, 4.69) is 11.9 Å². The summed E-state index contributed by atoms with van der Waals surface area (Å²) in [5.74, 6) is -0.584. The number of carbonyl (C=O) groups is 1. The molecular weight excluding hydrogens is 408 g/mol. The lowest BCUT2D eigenvalue weighted by Crippen LogP contribution is -2.31. The number of carboxylic acids is 1. The van der Waals surface area contributed by atoms with Crippen LogP contribution in [-0.4, -0.2) is 45.0 Å². The van der Waals surface area contributed by atoms with Crippen molar-refractivity contribution in [2.45, 2.75) is 51.9 Å². The predicted octanol–water partition coefficient (Wildman–Crippen LogP) is 4.28. The zero-order valence-electron chi connectivity index (χ0n) is 19.0. The van der Waals surface area contributed by atoms with Gasteiger partial charge in [0, 0.05) is 38.8 Å². The molecule has 8 nitrogen and oxygen atoms in total. The number of hydrogen-bond acceptors (Lipinski definition) is 6. The second-order valence-electron chi connectivity index (χ2n) is 7.52. The van der Waals surface area contributed by atoms with Crippen LogP contribution < -0.4 is 0 Å². The molecule has 170 valence electrons. The fraction of sp³-hybridized carbons (Fsp3) is 0.417. The van der Waals surface area contributed by atoms with Crippen LogP contribution in [0.25, 0.3) is 11.1 Å². The van der Waals surface area contributed by atoms with Gasteiger partial charge < -0.3 is 14.6 Å². The molecule has 32 heavy (non-hydrogen) atoms. The van der Waals surface area contributed by atoms with Crippen LogP contribution in [0.3, 0.4) is 0 Å². The lowest BCUT2D eigenvalue weighted by atomic mass is 10.0. The molecule has 0 spiro atoms. The molecule has 0 amide bonds. The number of aromatic carboxylic acids is 1. The second-order valence-corrected chi connectivity index (χ2v) is 7.52. The van der Waals surface area contributed by atoms with Crippen molar-refractivity contribution in [3.63, 3.8) is 0 Å². The van der Waals surface area contributed by atoms with E-state index in [9.17, 15) is 9.90 Å². The number of aromatic nitrogens is 4. The van der Waals surface area contributed by atoms with Crippen LogP contribution in [0.1, 0.15) is 60.8 Å². The van der Waals surface area contributed by atoms with E-state index < -0.39 is 11.8 Å². The Morgan fingerprint density at radius 1 is 1.12 bits per heavy atom. The first-order valence-corrected chi connectivity index (χ1v) is 10.8. The Hall–Kier alpha value is -3.10. The minimum Gasteiger partial charge on any atom is -0.478 e. The van der Waals surface area contributed by atoms with Crippen molar-refractivity contribution < 1.29 is 19.4 Å². The van der Waals surface area contributed by atoms with E-state index in [1.807, 2.05) is 29.8 Å². The standard InChI is InChI=1S/C24H30N4O4/c1-5-7-12-21-26-23(24(6-2,31-3)32-4)27-28(21)16-18-14-13-17(15-25-18)19-10-8-9-11-20(19)22(29)30/h8-11,13-15H,5-7,12,16H2,1-4H3,(H,29,30). The van der Waals surface area contributed by atoms with Crippen molar-refractivity contribution in [1.29, 1.82) is 0 Å². The highest BCUT2D eigenvalue weighted by atomic mass is 16.7. The summed E-state index contributed by atoms with van der Waals surface area (Å²) in [6.07, 6.45) is 5.11. The lowest BCUT2D eigenvalue weighted by Gasteiger charge is -2.26. The van der Waals surface area contributed by atoms with Gasteiger partial charge in [-0.05, 0) is 24.1 Å². The summed E-state index contributed by atoms with van der Waals surface area (Å²) in [5, 5.41) is 14.1. The Bertz CT molecular complexity index is 1030. The summed E-state index contributed by atoms with van der Waals surface area (Å²) < 4.78 is 13.1. The van der Waals surface area contributed by atoms with Crippen molar-refractivity contribution in [3.05, 3.63) is 65.5 Å². The van der Waals surface area contributed by atoms with Gasteiger partial charge in [-0.2, -0.15) is 0 Å². The third-order valence-electron chi connectivity index (χ3n) is 5.57. The molecule has 0 aliphatic heterocycles. The maximum Gasteiger partial charge on any atom is 0.336 e. The van der Waals surface area contributed by atoms with E-state index in [1.165, 1.54) is 0 Å². The number of pyridine rings is 1.